The van der Waals surface area contributed by atoms with Crippen molar-refractivity contribution in [3.63, 3.8) is 0 Å². The Labute approximate surface area is 112 Å². The fraction of sp³-hybridized carbons (Fsp3) is 0.200. The van der Waals surface area contributed by atoms with Crippen molar-refractivity contribution in [2.45, 2.75) is 12.7 Å². The third kappa shape index (κ3) is 2.41. The summed E-state index contributed by atoms with van der Waals surface area (Å²) >= 11 is 0. The van der Waals surface area contributed by atoms with Crippen LogP contribution >= 0.6 is 0 Å². The molecule has 4 heteroatoms. The number of fused-ring (bicyclic) bond motifs is 2. The summed E-state index contributed by atoms with van der Waals surface area (Å²) in [7, 11) is 0. The molecule has 5 N–H and O–H groups in total. The van der Waals surface area contributed by atoms with Gasteiger partial charge in [0.15, 0.2) is 0 Å². The standard InChI is InChI=1S/C15H17N3O/c16-13-5-1-3-10-7-15(17-8-10)18-9-12-11(13)4-2-6-14(12)19/h1-7,15,17-19H,8-9,16H2/b3-1-,13-5-. The fourth-order valence-electron chi connectivity index (χ4n) is 2.41. The summed E-state index contributed by atoms with van der Waals surface area (Å²) in [5.41, 5.74) is 9.69. The fourth-order valence-corrected chi connectivity index (χ4v) is 2.41. The summed E-state index contributed by atoms with van der Waals surface area (Å²) in [6.45, 7) is 1.41. The van der Waals surface area contributed by atoms with Gasteiger partial charge in [0.1, 0.15) is 5.75 Å². The number of hydrogen-bond donors (Lipinski definition) is 4. The molecule has 2 aliphatic heterocycles. The van der Waals surface area contributed by atoms with E-state index >= 15 is 0 Å². The number of nitrogens with two attached hydrogens (primary N) is 1. The summed E-state index contributed by atoms with van der Waals surface area (Å²) in [5, 5.41) is 16.7. The molecule has 1 unspecified atom stereocenters. The van der Waals surface area contributed by atoms with Crippen LogP contribution in [0.15, 0.2) is 48.1 Å². The average molecular weight is 255 g/mol. The van der Waals surface area contributed by atoms with Crippen LogP contribution in [-0.4, -0.2) is 17.8 Å². The smallest absolute Gasteiger partial charge is 0.120 e. The molecule has 0 aliphatic carbocycles. The Morgan fingerprint density at radius 3 is 2.95 bits per heavy atom. The van der Waals surface area contributed by atoms with E-state index in [9.17, 15) is 5.11 Å². The number of hydrogen-bond acceptors (Lipinski definition) is 4. The highest BCUT2D eigenvalue weighted by molar-refractivity contribution is 5.69. The van der Waals surface area contributed by atoms with Crippen molar-refractivity contribution in [3.05, 3.63) is 59.2 Å². The molecule has 1 aromatic carbocycles. The van der Waals surface area contributed by atoms with Crippen LogP contribution in [-0.2, 0) is 6.54 Å². The van der Waals surface area contributed by atoms with Gasteiger partial charge < -0.3 is 10.8 Å². The number of aromatic hydroxyl groups is 1. The minimum absolute atomic E-state index is 0.131. The van der Waals surface area contributed by atoms with Crippen molar-refractivity contribution in [1.82, 2.24) is 10.6 Å². The van der Waals surface area contributed by atoms with Gasteiger partial charge in [0.25, 0.3) is 0 Å². The maximum atomic E-state index is 10.0. The third-order valence-corrected chi connectivity index (χ3v) is 3.45. The van der Waals surface area contributed by atoms with Crippen molar-refractivity contribution in [3.8, 4) is 5.75 Å². The van der Waals surface area contributed by atoms with Gasteiger partial charge in [0, 0.05) is 29.9 Å². The van der Waals surface area contributed by atoms with E-state index in [0.717, 1.165) is 17.7 Å². The molecule has 2 heterocycles. The van der Waals surface area contributed by atoms with Gasteiger partial charge in [0.2, 0.25) is 0 Å². The number of rotatable bonds is 0. The molecule has 1 aromatic rings. The first kappa shape index (κ1) is 12.0. The van der Waals surface area contributed by atoms with Crippen molar-refractivity contribution in [2.24, 2.45) is 5.73 Å². The number of benzene rings is 1. The van der Waals surface area contributed by atoms with E-state index in [1.54, 1.807) is 6.07 Å². The lowest BCUT2D eigenvalue weighted by Gasteiger charge is -2.16. The predicted octanol–water partition coefficient (Wildman–Crippen LogP) is 1.21. The molecule has 4 nitrogen and oxygen atoms in total. The van der Waals surface area contributed by atoms with Crippen LogP contribution < -0.4 is 16.4 Å². The zero-order chi connectivity index (χ0) is 13.2. The Morgan fingerprint density at radius 2 is 2.05 bits per heavy atom. The largest absolute Gasteiger partial charge is 0.508 e. The minimum atomic E-state index is 0.131. The molecule has 2 aliphatic rings. The topological polar surface area (TPSA) is 70.3 Å². The molecular weight excluding hydrogens is 238 g/mol. The summed E-state index contributed by atoms with van der Waals surface area (Å²) in [6.07, 6.45) is 8.15. The van der Waals surface area contributed by atoms with Gasteiger partial charge in [-0.15, -0.1) is 0 Å². The van der Waals surface area contributed by atoms with Crippen molar-refractivity contribution >= 4 is 5.70 Å². The number of allylic oxidation sites excluding steroid dienone is 2. The lowest BCUT2D eigenvalue weighted by Crippen LogP contribution is -2.37. The molecule has 0 saturated carbocycles. The van der Waals surface area contributed by atoms with Gasteiger partial charge in [-0.3, -0.25) is 10.6 Å². The van der Waals surface area contributed by atoms with Crippen molar-refractivity contribution in [2.75, 3.05) is 6.54 Å². The monoisotopic (exact) mass is 255 g/mol. The van der Waals surface area contributed by atoms with Crippen molar-refractivity contribution in [1.29, 1.82) is 0 Å². The van der Waals surface area contributed by atoms with E-state index in [1.165, 1.54) is 5.57 Å². The second kappa shape index (κ2) is 4.91. The Kier molecular flexibility index (Phi) is 3.11. The Morgan fingerprint density at radius 1 is 1.21 bits per heavy atom. The first-order chi connectivity index (χ1) is 9.24. The van der Waals surface area contributed by atoms with E-state index in [-0.39, 0.29) is 11.9 Å². The predicted molar refractivity (Wildman–Crippen MR) is 76.1 cm³/mol. The second-order valence-corrected chi connectivity index (χ2v) is 4.77. The van der Waals surface area contributed by atoms with Crippen LogP contribution in [0.5, 0.6) is 5.75 Å². The Bertz CT molecular complexity index is 587. The van der Waals surface area contributed by atoms with Gasteiger partial charge in [-0.05, 0) is 23.8 Å². The Balaban J connectivity index is 2.05. The number of phenols is 1. The molecule has 0 aromatic heterocycles. The molecule has 0 saturated heterocycles. The maximum Gasteiger partial charge on any atom is 0.120 e. The lowest BCUT2D eigenvalue weighted by molar-refractivity contribution is 0.457. The summed E-state index contributed by atoms with van der Waals surface area (Å²) in [6, 6.07) is 5.42. The number of nitrogens with one attached hydrogen (secondary N) is 2. The van der Waals surface area contributed by atoms with Gasteiger partial charge in [-0.25, -0.2) is 0 Å². The average Bonchev–Trinajstić information content (AvgIpc) is 2.83. The number of phenolic OH excluding ortho intramolecular Hbond substituents is 1. The lowest BCUT2D eigenvalue weighted by atomic mass is 10.0. The van der Waals surface area contributed by atoms with Crippen molar-refractivity contribution < 1.29 is 5.11 Å². The SMILES string of the molecule is N/C1=C\C=C/C2=CC(NC2)NCc2c(O)cccc21. The summed E-state index contributed by atoms with van der Waals surface area (Å²) in [5.74, 6) is 0.270. The highest BCUT2D eigenvalue weighted by Crippen LogP contribution is 2.25. The van der Waals surface area contributed by atoms with Crippen LogP contribution in [0, 0.1) is 0 Å². The summed E-state index contributed by atoms with van der Waals surface area (Å²) in [4.78, 5) is 0. The highest BCUT2D eigenvalue weighted by Gasteiger charge is 2.16. The van der Waals surface area contributed by atoms with Crippen LogP contribution in [0.1, 0.15) is 11.1 Å². The van der Waals surface area contributed by atoms with E-state index < -0.39 is 0 Å². The molecule has 19 heavy (non-hydrogen) atoms. The Hall–Kier alpha value is -2.04. The van der Waals surface area contributed by atoms with Crippen LogP contribution in [0.25, 0.3) is 5.70 Å². The van der Waals surface area contributed by atoms with Crippen LogP contribution in [0.2, 0.25) is 0 Å². The molecular formula is C15H17N3O. The van der Waals surface area contributed by atoms with Gasteiger partial charge in [0.05, 0.1) is 6.17 Å². The normalized spacial score (nSPS) is 26.6. The van der Waals surface area contributed by atoms with Gasteiger partial charge in [-0.2, -0.15) is 0 Å². The quantitative estimate of drug-likeness (QED) is 0.562. The summed E-state index contributed by atoms with van der Waals surface area (Å²) < 4.78 is 0. The first-order valence-corrected chi connectivity index (χ1v) is 6.36. The zero-order valence-corrected chi connectivity index (χ0v) is 10.6. The molecule has 0 fully saturated rings. The zero-order valence-electron chi connectivity index (χ0n) is 10.6. The first-order valence-electron chi connectivity index (χ1n) is 6.36. The molecule has 0 amide bonds. The molecule has 0 spiro atoms. The van der Waals surface area contributed by atoms with E-state index in [4.69, 9.17) is 5.73 Å². The van der Waals surface area contributed by atoms with Gasteiger partial charge in [-0.1, -0.05) is 24.3 Å². The molecule has 0 radical (unpaired) electrons. The van der Waals surface area contributed by atoms with Crippen LogP contribution in [0.4, 0.5) is 0 Å². The van der Waals surface area contributed by atoms with E-state index in [2.05, 4.69) is 22.8 Å². The molecule has 98 valence electrons. The third-order valence-electron chi connectivity index (χ3n) is 3.45. The highest BCUT2D eigenvalue weighted by atomic mass is 16.3. The maximum absolute atomic E-state index is 10.0. The molecule has 2 bridgehead atoms. The van der Waals surface area contributed by atoms with Gasteiger partial charge >= 0.3 is 0 Å². The second-order valence-electron chi connectivity index (χ2n) is 4.77. The van der Waals surface area contributed by atoms with Crippen LogP contribution in [0.3, 0.4) is 0 Å². The van der Waals surface area contributed by atoms with E-state index in [0.29, 0.717) is 12.2 Å². The van der Waals surface area contributed by atoms with E-state index in [1.807, 2.05) is 24.3 Å². The molecule has 1 atom stereocenters. The molecule has 3 rings (SSSR count). The minimum Gasteiger partial charge on any atom is -0.508 e.